The van der Waals surface area contributed by atoms with Crippen LogP contribution in [0.5, 0.6) is 0 Å². The molecule has 0 bridgehead atoms. The molecule has 0 aliphatic carbocycles. The molecule has 1 aliphatic heterocycles. The molecule has 1 atom stereocenters. The summed E-state index contributed by atoms with van der Waals surface area (Å²) in [4.78, 5) is 27.2. The average Bonchev–Trinajstić information content (AvgIpc) is 2.72. The maximum Gasteiger partial charge on any atom is 0.416 e. The molecule has 148 valence electrons. The highest BCUT2D eigenvalue weighted by molar-refractivity contribution is 5.98. The van der Waals surface area contributed by atoms with Crippen molar-refractivity contribution in [2.75, 3.05) is 26.3 Å². The van der Waals surface area contributed by atoms with Gasteiger partial charge in [-0.25, -0.2) is 0 Å². The Hall–Kier alpha value is -2.87. The molecule has 28 heavy (non-hydrogen) atoms. The van der Waals surface area contributed by atoms with Crippen LogP contribution in [0.4, 0.5) is 13.2 Å². The zero-order valence-electron chi connectivity index (χ0n) is 14.9. The summed E-state index contributed by atoms with van der Waals surface area (Å²) in [5, 5.41) is 2.65. The third-order valence-corrected chi connectivity index (χ3v) is 4.45. The number of carbonyl (C=O) groups excluding carboxylic acids is 2. The monoisotopic (exact) mass is 392 g/mol. The van der Waals surface area contributed by atoms with E-state index in [0.717, 1.165) is 24.3 Å². The van der Waals surface area contributed by atoms with Crippen molar-refractivity contribution in [1.82, 2.24) is 10.2 Å². The Kier molecular flexibility index (Phi) is 5.99. The first-order valence-corrected chi connectivity index (χ1v) is 8.76. The van der Waals surface area contributed by atoms with E-state index in [1.807, 2.05) is 0 Å². The lowest BCUT2D eigenvalue weighted by Gasteiger charge is -2.31. The van der Waals surface area contributed by atoms with Gasteiger partial charge >= 0.3 is 6.18 Å². The van der Waals surface area contributed by atoms with Crippen LogP contribution in [0, 0.1) is 0 Å². The van der Waals surface area contributed by atoms with Crippen molar-refractivity contribution in [2.24, 2.45) is 0 Å². The van der Waals surface area contributed by atoms with Crippen LogP contribution in [0.25, 0.3) is 0 Å². The van der Waals surface area contributed by atoms with E-state index >= 15 is 0 Å². The summed E-state index contributed by atoms with van der Waals surface area (Å²) in [6.45, 7) is 1.66. The first-order chi connectivity index (χ1) is 13.4. The number of rotatable bonds is 4. The van der Waals surface area contributed by atoms with E-state index in [1.165, 1.54) is 0 Å². The largest absolute Gasteiger partial charge is 0.416 e. The van der Waals surface area contributed by atoms with Gasteiger partial charge in [0.2, 0.25) is 5.91 Å². The zero-order chi connectivity index (χ0) is 20.1. The molecule has 1 saturated heterocycles. The molecule has 1 heterocycles. The lowest BCUT2D eigenvalue weighted by Crippen LogP contribution is -2.47. The standard InChI is InChI=1S/C20H19F3N2O3/c21-20(22,23)16-8-6-15(7-9-16)18(26)24-17(14-4-2-1-3-5-14)19(27)25-10-12-28-13-11-25/h1-9,17H,10-13H2,(H,24,26)/t17-/m0/s1. The Morgan fingerprint density at radius 2 is 1.57 bits per heavy atom. The molecule has 2 aromatic carbocycles. The fourth-order valence-corrected chi connectivity index (χ4v) is 2.92. The van der Waals surface area contributed by atoms with Gasteiger partial charge in [-0.3, -0.25) is 9.59 Å². The molecular formula is C20H19F3N2O3. The van der Waals surface area contributed by atoms with Gasteiger partial charge in [0.1, 0.15) is 6.04 Å². The van der Waals surface area contributed by atoms with Crippen LogP contribution in [-0.2, 0) is 15.7 Å². The smallest absolute Gasteiger partial charge is 0.378 e. The molecule has 1 fully saturated rings. The second-order valence-electron chi connectivity index (χ2n) is 6.33. The molecule has 0 unspecified atom stereocenters. The van der Waals surface area contributed by atoms with Crippen molar-refractivity contribution in [3.63, 3.8) is 0 Å². The fourth-order valence-electron chi connectivity index (χ4n) is 2.92. The number of ether oxygens (including phenoxy) is 1. The van der Waals surface area contributed by atoms with E-state index in [9.17, 15) is 22.8 Å². The third kappa shape index (κ3) is 4.69. The van der Waals surface area contributed by atoms with E-state index in [1.54, 1.807) is 35.2 Å². The average molecular weight is 392 g/mol. The normalized spacial score (nSPS) is 15.8. The van der Waals surface area contributed by atoms with Crippen molar-refractivity contribution in [3.8, 4) is 0 Å². The Bertz CT molecular complexity index is 817. The number of halogens is 3. The first-order valence-electron chi connectivity index (χ1n) is 8.76. The van der Waals surface area contributed by atoms with Gasteiger partial charge in [0.25, 0.3) is 5.91 Å². The van der Waals surface area contributed by atoms with E-state index < -0.39 is 23.7 Å². The van der Waals surface area contributed by atoms with Crippen molar-refractivity contribution in [2.45, 2.75) is 12.2 Å². The number of benzene rings is 2. The topological polar surface area (TPSA) is 58.6 Å². The van der Waals surface area contributed by atoms with Crippen LogP contribution in [0.3, 0.4) is 0 Å². The van der Waals surface area contributed by atoms with Crippen molar-refractivity contribution in [3.05, 3.63) is 71.3 Å². The predicted molar refractivity (Wildman–Crippen MR) is 95.5 cm³/mol. The Morgan fingerprint density at radius 1 is 0.964 bits per heavy atom. The molecule has 0 radical (unpaired) electrons. The van der Waals surface area contributed by atoms with Gasteiger partial charge in [0.15, 0.2) is 0 Å². The maximum absolute atomic E-state index is 13.0. The fraction of sp³-hybridized carbons (Fsp3) is 0.300. The zero-order valence-corrected chi connectivity index (χ0v) is 14.9. The number of morpholine rings is 1. The van der Waals surface area contributed by atoms with Crippen molar-refractivity contribution in [1.29, 1.82) is 0 Å². The molecule has 1 aliphatic rings. The molecule has 0 spiro atoms. The number of nitrogens with zero attached hydrogens (tertiary/aromatic N) is 1. The van der Waals surface area contributed by atoms with Crippen molar-refractivity contribution < 1.29 is 27.5 Å². The molecule has 3 rings (SSSR count). The molecule has 0 aromatic heterocycles. The Balaban J connectivity index is 1.80. The van der Waals surface area contributed by atoms with Gasteiger partial charge in [0.05, 0.1) is 18.8 Å². The molecular weight excluding hydrogens is 373 g/mol. The Labute approximate surface area is 160 Å². The minimum absolute atomic E-state index is 0.0451. The van der Waals surface area contributed by atoms with Crippen LogP contribution in [-0.4, -0.2) is 43.0 Å². The first kappa shape index (κ1) is 19.9. The Morgan fingerprint density at radius 3 is 2.14 bits per heavy atom. The maximum atomic E-state index is 13.0. The van der Waals surface area contributed by atoms with Crippen LogP contribution in [0.15, 0.2) is 54.6 Å². The van der Waals surface area contributed by atoms with E-state index in [4.69, 9.17) is 4.74 Å². The van der Waals surface area contributed by atoms with E-state index in [0.29, 0.717) is 31.9 Å². The van der Waals surface area contributed by atoms with E-state index in [2.05, 4.69) is 5.32 Å². The van der Waals surface area contributed by atoms with Gasteiger partial charge in [-0.1, -0.05) is 30.3 Å². The molecule has 5 nitrogen and oxygen atoms in total. The highest BCUT2D eigenvalue weighted by atomic mass is 19.4. The summed E-state index contributed by atoms with van der Waals surface area (Å²) >= 11 is 0. The van der Waals surface area contributed by atoms with E-state index in [-0.39, 0.29) is 11.5 Å². The summed E-state index contributed by atoms with van der Waals surface area (Å²) in [5.74, 6) is -0.904. The van der Waals surface area contributed by atoms with Gasteiger partial charge in [-0.05, 0) is 29.8 Å². The molecule has 2 amide bonds. The predicted octanol–water partition coefficient (Wildman–Crippen LogP) is 3.04. The summed E-state index contributed by atoms with van der Waals surface area (Å²) in [5.41, 5.74) is -0.198. The molecule has 2 aromatic rings. The minimum Gasteiger partial charge on any atom is -0.378 e. The minimum atomic E-state index is -4.48. The molecule has 0 saturated carbocycles. The van der Waals surface area contributed by atoms with Gasteiger partial charge < -0.3 is 15.0 Å². The highest BCUT2D eigenvalue weighted by Crippen LogP contribution is 2.29. The van der Waals surface area contributed by atoms with Crippen LogP contribution < -0.4 is 5.32 Å². The summed E-state index contributed by atoms with van der Waals surface area (Å²) in [6, 6.07) is 11.7. The van der Waals surface area contributed by atoms with Gasteiger partial charge in [-0.2, -0.15) is 13.2 Å². The second kappa shape index (κ2) is 8.43. The lowest BCUT2D eigenvalue weighted by molar-refractivity contribution is -0.138. The number of hydrogen-bond acceptors (Lipinski definition) is 3. The quantitative estimate of drug-likeness (QED) is 0.870. The third-order valence-electron chi connectivity index (χ3n) is 4.45. The van der Waals surface area contributed by atoms with Gasteiger partial charge in [-0.15, -0.1) is 0 Å². The lowest BCUT2D eigenvalue weighted by atomic mass is 10.0. The molecule has 1 N–H and O–H groups in total. The SMILES string of the molecule is O=C(N[C@H](C(=O)N1CCOCC1)c1ccccc1)c1ccc(C(F)(F)F)cc1. The second-order valence-corrected chi connectivity index (χ2v) is 6.33. The number of hydrogen-bond donors (Lipinski definition) is 1. The highest BCUT2D eigenvalue weighted by Gasteiger charge is 2.31. The summed E-state index contributed by atoms with van der Waals surface area (Å²) in [6.07, 6.45) is -4.48. The summed E-state index contributed by atoms with van der Waals surface area (Å²) in [7, 11) is 0. The number of alkyl halides is 3. The van der Waals surface area contributed by atoms with Crippen LogP contribution in [0.1, 0.15) is 27.5 Å². The van der Waals surface area contributed by atoms with Gasteiger partial charge in [0, 0.05) is 18.7 Å². The summed E-state index contributed by atoms with van der Waals surface area (Å²) < 4.78 is 43.4. The number of amides is 2. The number of nitrogens with one attached hydrogen (secondary N) is 1. The van der Waals surface area contributed by atoms with Crippen LogP contribution in [0.2, 0.25) is 0 Å². The number of carbonyl (C=O) groups is 2. The van der Waals surface area contributed by atoms with Crippen molar-refractivity contribution >= 4 is 11.8 Å². The van der Waals surface area contributed by atoms with Crippen LogP contribution >= 0.6 is 0 Å². The molecule has 8 heteroatoms.